The molecule has 2 nitrogen and oxygen atoms in total. The van der Waals surface area contributed by atoms with Gasteiger partial charge in [-0.3, -0.25) is 4.79 Å². The maximum atomic E-state index is 12.0. The molecule has 0 fully saturated rings. The van der Waals surface area contributed by atoms with Crippen molar-refractivity contribution in [3.05, 3.63) is 33.7 Å². The minimum Gasteiger partial charge on any atom is -0.321 e. The molecule has 0 saturated carbocycles. The van der Waals surface area contributed by atoms with Gasteiger partial charge in [-0.05, 0) is 12.1 Å². The van der Waals surface area contributed by atoms with Crippen LogP contribution >= 0.6 is 0 Å². The normalized spacial score (nSPS) is 12.1. The number of aromatic nitrogens is 1. The first-order valence-electron chi connectivity index (χ1n) is 3.41. The minimum atomic E-state index is -4.83. The highest BCUT2D eigenvalue weighted by atomic mass is 19.4. The molecule has 0 bridgehead atoms. The second-order valence-corrected chi connectivity index (χ2v) is 2.45. The Morgan fingerprint density at radius 1 is 1.21 bits per heavy atom. The molecular weight excluding hydrogens is 209 g/mol. The standard InChI is InChI=1S/C7H4F5NO/c8-5(9)4-2-1-3(6(14)13-4)7(10,11)12/h1-2,5H,(H,13,14). The van der Waals surface area contributed by atoms with Gasteiger partial charge in [-0.25, -0.2) is 8.78 Å². The Morgan fingerprint density at radius 2 is 1.79 bits per heavy atom. The monoisotopic (exact) mass is 213 g/mol. The second kappa shape index (κ2) is 3.39. The molecule has 0 aromatic carbocycles. The van der Waals surface area contributed by atoms with Crippen molar-refractivity contribution in [2.24, 2.45) is 0 Å². The van der Waals surface area contributed by atoms with Gasteiger partial charge in [-0.1, -0.05) is 0 Å². The lowest BCUT2D eigenvalue weighted by Crippen LogP contribution is -2.22. The molecule has 1 rings (SSSR count). The van der Waals surface area contributed by atoms with E-state index in [1.165, 1.54) is 4.98 Å². The average Bonchev–Trinajstić information content (AvgIpc) is 2.01. The predicted octanol–water partition coefficient (Wildman–Crippen LogP) is 2.33. The number of hydrogen-bond acceptors (Lipinski definition) is 1. The van der Waals surface area contributed by atoms with Gasteiger partial charge >= 0.3 is 6.18 Å². The molecule has 1 aromatic rings. The topological polar surface area (TPSA) is 32.9 Å². The van der Waals surface area contributed by atoms with E-state index in [1.807, 2.05) is 0 Å². The first-order valence-corrected chi connectivity index (χ1v) is 3.41. The fourth-order valence-corrected chi connectivity index (χ4v) is 0.839. The summed E-state index contributed by atoms with van der Waals surface area (Å²) in [6.45, 7) is 0. The van der Waals surface area contributed by atoms with Crippen LogP contribution in [0.15, 0.2) is 16.9 Å². The van der Waals surface area contributed by atoms with Gasteiger partial charge in [-0.2, -0.15) is 13.2 Å². The number of H-pyrrole nitrogens is 1. The molecule has 0 aliphatic rings. The van der Waals surface area contributed by atoms with Crippen LogP contribution in [-0.4, -0.2) is 4.98 Å². The number of nitrogens with one attached hydrogen (secondary N) is 1. The number of rotatable bonds is 1. The van der Waals surface area contributed by atoms with Crippen molar-refractivity contribution in [1.82, 2.24) is 4.98 Å². The Balaban J connectivity index is 3.22. The van der Waals surface area contributed by atoms with Gasteiger partial charge in [0, 0.05) is 0 Å². The molecule has 7 heteroatoms. The maximum Gasteiger partial charge on any atom is 0.421 e. The lowest BCUT2D eigenvalue weighted by atomic mass is 10.2. The molecule has 0 radical (unpaired) electrons. The fourth-order valence-electron chi connectivity index (χ4n) is 0.839. The number of halogens is 5. The van der Waals surface area contributed by atoms with E-state index in [-0.39, 0.29) is 0 Å². The summed E-state index contributed by atoms with van der Waals surface area (Å²) < 4.78 is 59.8. The summed E-state index contributed by atoms with van der Waals surface area (Å²) in [6, 6.07) is 0.870. The second-order valence-electron chi connectivity index (χ2n) is 2.45. The van der Waals surface area contributed by atoms with Crippen LogP contribution < -0.4 is 5.56 Å². The molecule has 0 amide bonds. The quantitative estimate of drug-likeness (QED) is 0.713. The van der Waals surface area contributed by atoms with Crippen LogP contribution in [0.5, 0.6) is 0 Å². The van der Waals surface area contributed by atoms with Gasteiger partial charge in [0.15, 0.2) is 0 Å². The van der Waals surface area contributed by atoms with Gasteiger partial charge in [0.1, 0.15) is 5.56 Å². The summed E-state index contributed by atoms with van der Waals surface area (Å²) in [4.78, 5) is 12.1. The van der Waals surface area contributed by atoms with Crippen LogP contribution in [0.3, 0.4) is 0 Å². The fraction of sp³-hybridized carbons (Fsp3) is 0.286. The first-order chi connectivity index (χ1) is 6.32. The Labute approximate surface area is 74.4 Å². The third kappa shape index (κ3) is 2.09. The van der Waals surface area contributed by atoms with Gasteiger partial charge in [0.05, 0.1) is 5.69 Å². The summed E-state index contributed by atoms with van der Waals surface area (Å²) in [6.07, 6.45) is -7.82. The van der Waals surface area contributed by atoms with Crippen LogP contribution in [0.2, 0.25) is 0 Å². The SMILES string of the molecule is O=c1[nH]c(C(F)F)ccc1C(F)(F)F. The third-order valence-electron chi connectivity index (χ3n) is 1.47. The Bertz CT molecular complexity index is 380. The zero-order valence-corrected chi connectivity index (χ0v) is 6.53. The lowest BCUT2D eigenvalue weighted by molar-refractivity contribution is -0.138. The molecule has 78 valence electrons. The summed E-state index contributed by atoms with van der Waals surface area (Å²) in [5.41, 5.74) is -3.87. The van der Waals surface area contributed by atoms with E-state index in [9.17, 15) is 26.7 Å². The van der Waals surface area contributed by atoms with Gasteiger partial charge in [0.2, 0.25) is 0 Å². The van der Waals surface area contributed by atoms with Crippen molar-refractivity contribution in [3.63, 3.8) is 0 Å². The van der Waals surface area contributed by atoms with E-state index in [1.54, 1.807) is 0 Å². The van der Waals surface area contributed by atoms with Crippen molar-refractivity contribution in [2.75, 3.05) is 0 Å². The van der Waals surface area contributed by atoms with E-state index in [0.717, 1.165) is 0 Å². The van der Waals surface area contributed by atoms with Crippen molar-refractivity contribution in [1.29, 1.82) is 0 Å². The molecule has 0 saturated heterocycles. The maximum absolute atomic E-state index is 12.0. The van der Waals surface area contributed by atoms with Gasteiger partial charge in [0.25, 0.3) is 12.0 Å². The van der Waals surface area contributed by atoms with E-state index >= 15 is 0 Å². The largest absolute Gasteiger partial charge is 0.421 e. The lowest BCUT2D eigenvalue weighted by Gasteiger charge is -2.06. The first kappa shape index (κ1) is 10.7. The van der Waals surface area contributed by atoms with E-state index in [0.29, 0.717) is 12.1 Å². The zero-order valence-electron chi connectivity index (χ0n) is 6.53. The minimum absolute atomic E-state index is 0.334. The van der Waals surface area contributed by atoms with Crippen molar-refractivity contribution >= 4 is 0 Å². The van der Waals surface area contributed by atoms with Crippen LogP contribution in [0.25, 0.3) is 0 Å². The van der Waals surface area contributed by atoms with Gasteiger partial charge < -0.3 is 4.98 Å². The molecule has 14 heavy (non-hydrogen) atoms. The van der Waals surface area contributed by atoms with E-state index in [4.69, 9.17) is 0 Å². The number of pyridine rings is 1. The molecule has 1 heterocycles. The average molecular weight is 213 g/mol. The number of hydrogen-bond donors (Lipinski definition) is 1. The predicted molar refractivity (Wildman–Crippen MR) is 37.0 cm³/mol. The third-order valence-corrected chi connectivity index (χ3v) is 1.47. The van der Waals surface area contributed by atoms with Crippen LogP contribution in [0.4, 0.5) is 22.0 Å². The summed E-state index contributed by atoms with van der Waals surface area (Å²) in [7, 11) is 0. The smallest absolute Gasteiger partial charge is 0.321 e. The summed E-state index contributed by atoms with van der Waals surface area (Å²) in [5, 5.41) is 0. The Kier molecular flexibility index (Phi) is 2.59. The molecule has 0 aliphatic heterocycles. The summed E-state index contributed by atoms with van der Waals surface area (Å²) >= 11 is 0. The highest BCUT2D eigenvalue weighted by molar-refractivity contribution is 5.17. The van der Waals surface area contributed by atoms with E-state index < -0.39 is 29.4 Å². The van der Waals surface area contributed by atoms with Crippen molar-refractivity contribution in [2.45, 2.75) is 12.6 Å². The van der Waals surface area contributed by atoms with Crippen LogP contribution in [0.1, 0.15) is 17.7 Å². The molecule has 0 unspecified atom stereocenters. The number of alkyl halides is 5. The highest BCUT2D eigenvalue weighted by Gasteiger charge is 2.34. The number of aromatic amines is 1. The van der Waals surface area contributed by atoms with Crippen LogP contribution in [0, 0.1) is 0 Å². The molecular formula is C7H4F5NO. The van der Waals surface area contributed by atoms with Gasteiger partial charge in [-0.15, -0.1) is 0 Å². The van der Waals surface area contributed by atoms with Crippen molar-refractivity contribution < 1.29 is 22.0 Å². The highest BCUT2D eigenvalue weighted by Crippen LogP contribution is 2.26. The summed E-state index contributed by atoms with van der Waals surface area (Å²) in [5.74, 6) is 0. The van der Waals surface area contributed by atoms with Crippen molar-refractivity contribution in [3.8, 4) is 0 Å². The zero-order chi connectivity index (χ0) is 10.9. The van der Waals surface area contributed by atoms with E-state index in [2.05, 4.69) is 0 Å². The Hall–Kier alpha value is -1.40. The Morgan fingerprint density at radius 3 is 2.14 bits per heavy atom. The molecule has 0 spiro atoms. The van der Waals surface area contributed by atoms with Crippen LogP contribution in [-0.2, 0) is 6.18 Å². The molecule has 0 aliphatic carbocycles. The molecule has 1 N–H and O–H groups in total. The molecule has 1 aromatic heterocycles. The molecule has 0 atom stereocenters.